The summed E-state index contributed by atoms with van der Waals surface area (Å²) in [5, 5.41) is 19.3. The number of carbonyl (C=O) groups excluding carboxylic acids is 4. The van der Waals surface area contributed by atoms with Crippen LogP contribution in [0.5, 0.6) is 0 Å². The second kappa shape index (κ2) is 12.9. The summed E-state index contributed by atoms with van der Waals surface area (Å²) >= 11 is 0. The molecule has 0 aromatic carbocycles. The van der Waals surface area contributed by atoms with Gasteiger partial charge in [-0.1, -0.05) is 13.8 Å². The Hall–Kier alpha value is -1.20. The summed E-state index contributed by atoms with van der Waals surface area (Å²) in [6.45, 7) is 3.47. The third-order valence-electron chi connectivity index (χ3n) is 1.41. The maximum absolute atomic E-state index is 10.1. The van der Waals surface area contributed by atoms with E-state index in [2.05, 4.69) is 0 Å². The van der Waals surface area contributed by atoms with Crippen LogP contribution in [0, 0.1) is 0 Å². The van der Waals surface area contributed by atoms with Gasteiger partial charge in [-0.3, -0.25) is 9.59 Å². The smallest absolute Gasteiger partial charge is 0.542 e. The van der Waals surface area contributed by atoms with Crippen molar-refractivity contribution in [2.24, 2.45) is 0 Å². The summed E-state index contributed by atoms with van der Waals surface area (Å²) in [6.07, 6.45) is 1.30. The van der Waals surface area contributed by atoms with Gasteiger partial charge < -0.3 is 19.8 Å². The fraction of sp³-hybridized carbons (Fsp3) is 0.600. The number of carbonyl (C=O) groups is 4. The predicted octanol–water partition coefficient (Wildman–Crippen LogP) is -1.79. The number of rotatable bonds is 6. The van der Waals surface area contributed by atoms with Gasteiger partial charge >= 0.3 is 17.1 Å². The summed E-state index contributed by atoms with van der Waals surface area (Å²) < 4.78 is 0. The van der Waals surface area contributed by atoms with E-state index in [4.69, 9.17) is 0 Å². The molecule has 0 aliphatic carbocycles. The Balaban J connectivity index is -0.000000218. The molecule has 0 atom stereocenters. The van der Waals surface area contributed by atoms with Crippen molar-refractivity contribution in [3.05, 3.63) is 0 Å². The predicted molar refractivity (Wildman–Crippen MR) is 49.8 cm³/mol. The van der Waals surface area contributed by atoms with Crippen molar-refractivity contribution in [1.82, 2.24) is 0 Å². The molecule has 0 fully saturated rings. The average Bonchev–Trinajstić information content (AvgIpc) is 2.19. The molecule has 0 amide bonds. The Labute approximate surface area is 110 Å². The molecule has 0 spiro atoms. The molecule has 0 aliphatic rings. The van der Waals surface area contributed by atoms with Crippen molar-refractivity contribution >= 4 is 23.5 Å². The molecule has 0 unspecified atom stereocenters. The van der Waals surface area contributed by atoms with Crippen molar-refractivity contribution in [3.8, 4) is 0 Å². The Bertz CT molecular complexity index is 246. The average molecular weight is 286 g/mol. The molecule has 98 valence electrons. The summed E-state index contributed by atoms with van der Waals surface area (Å²) in [7, 11) is 0. The van der Waals surface area contributed by atoms with Gasteiger partial charge in [0.1, 0.15) is 11.9 Å². The van der Waals surface area contributed by atoms with E-state index in [0.717, 1.165) is 0 Å². The molecule has 0 aromatic rings. The van der Waals surface area contributed by atoms with Gasteiger partial charge in [0.25, 0.3) is 0 Å². The van der Waals surface area contributed by atoms with Crippen LogP contribution in [0.15, 0.2) is 0 Å². The Kier molecular flexibility index (Phi) is 16.0. The normalized spacial score (nSPS) is 8.12. The maximum atomic E-state index is 10.1. The van der Waals surface area contributed by atoms with Crippen molar-refractivity contribution in [1.29, 1.82) is 0 Å². The minimum atomic E-state index is -1.58. The van der Waals surface area contributed by atoms with Gasteiger partial charge in [-0.2, -0.15) is 0 Å². The van der Waals surface area contributed by atoms with E-state index in [1.165, 1.54) is 0 Å². The number of carboxylic acids is 2. The van der Waals surface area contributed by atoms with Gasteiger partial charge in [-0.05, 0) is 12.8 Å². The van der Waals surface area contributed by atoms with Gasteiger partial charge in [-0.15, -0.1) is 0 Å². The molecule has 17 heavy (non-hydrogen) atoms. The molecule has 7 heteroatoms. The molecule has 0 saturated carbocycles. The molecule has 0 bridgehead atoms. The van der Waals surface area contributed by atoms with Gasteiger partial charge in [0.05, 0.1) is 0 Å². The zero-order valence-electron chi connectivity index (χ0n) is 9.63. The van der Waals surface area contributed by atoms with E-state index >= 15 is 0 Å². The van der Waals surface area contributed by atoms with Gasteiger partial charge in [0, 0.05) is 12.8 Å². The minimum absolute atomic E-state index is 0. The van der Waals surface area contributed by atoms with E-state index in [9.17, 15) is 29.4 Å². The number of hydrogen-bond acceptors (Lipinski definition) is 6. The van der Waals surface area contributed by atoms with Crippen LogP contribution in [0.3, 0.4) is 0 Å². The fourth-order valence-electron chi connectivity index (χ4n) is 0.658. The van der Waals surface area contributed by atoms with E-state index in [-0.39, 0.29) is 29.9 Å². The number of aliphatic carboxylic acids is 2. The first kappa shape index (κ1) is 21.1. The standard InChI is InChI=1S/2C5H8O3.Fe/c2*1-2-3-4(6)5(7)8;/h2*2-3H2,1H3,(H,7,8);/q;;+2/p-2. The van der Waals surface area contributed by atoms with E-state index in [0.29, 0.717) is 12.8 Å². The van der Waals surface area contributed by atoms with Crippen LogP contribution >= 0.6 is 0 Å². The molecule has 0 N–H and O–H groups in total. The maximum Gasteiger partial charge on any atom is 2.00 e. The first-order valence-corrected chi connectivity index (χ1v) is 4.85. The van der Waals surface area contributed by atoms with Crippen LogP contribution in [-0.4, -0.2) is 23.5 Å². The first-order valence-electron chi connectivity index (χ1n) is 4.85. The number of hydrogen-bond donors (Lipinski definition) is 0. The molecule has 0 rings (SSSR count). The molecule has 6 nitrogen and oxygen atoms in total. The van der Waals surface area contributed by atoms with Crippen LogP contribution in [0.4, 0.5) is 0 Å². The molecule has 0 aliphatic heterocycles. The number of Topliss-reactive ketones (excluding diaryl/α,β-unsaturated/α-hetero) is 2. The topological polar surface area (TPSA) is 114 Å². The van der Waals surface area contributed by atoms with Gasteiger partial charge in [0.15, 0.2) is 11.6 Å². The fourth-order valence-corrected chi connectivity index (χ4v) is 0.658. The molecule has 0 heterocycles. The second-order valence-electron chi connectivity index (χ2n) is 2.92. The van der Waals surface area contributed by atoms with Crippen molar-refractivity contribution in [2.75, 3.05) is 0 Å². The van der Waals surface area contributed by atoms with Crippen molar-refractivity contribution < 1.29 is 46.5 Å². The van der Waals surface area contributed by atoms with Crippen LogP contribution < -0.4 is 10.2 Å². The van der Waals surface area contributed by atoms with E-state index in [1.807, 2.05) is 0 Å². The summed E-state index contributed by atoms with van der Waals surface area (Å²) in [4.78, 5) is 39.4. The molecular weight excluding hydrogens is 272 g/mol. The number of ketones is 2. The van der Waals surface area contributed by atoms with Crippen LogP contribution in [0.2, 0.25) is 0 Å². The van der Waals surface area contributed by atoms with Crippen LogP contribution in [-0.2, 0) is 36.2 Å². The molecular formula is C10H14FeO6. The van der Waals surface area contributed by atoms with Crippen molar-refractivity contribution in [2.45, 2.75) is 39.5 Å². The quantitative estimate of drug-likeness (QED) is 0.420. The van der Waals surface area contributed by atoms with E-state index in [1.54, 1.807) is 13.8 Å². The monoisotopic (exact) mass is 286 g/mol. The van der Waals surface area contributed by atoms with Crippen LogP contribution in [0.1, 0.15) is 39.5 Å². The molecule has 0 saturated heterocycles. The van der Waals surface area contributed by atoms with Gasteiger partial charge in [-0.25, -0.2) is 0 Å². The van der Waals surface area contributed by atoms with Crippen LogP contribution in [0.25, 0.3) is 0 Å². The third kappa shape index (κ3) is 14.8. The van der Waals surface area contributed by atoms with Gasteiger partial charge in [0.2, 0.25) is 0 Å². The summed E-state index contributed by atoms with van der Waals surface area (Å²) in [6, 6.07) is 0. The Morgan fingerprint density at radius 3 is 1.06 bits per heavy atom. The summed E-state index contributed by atoms with van der Waals surface area (Å²) in [5.74, 6) is -4.78. The second-order valence-corrected chi connectivity index (χ2v) is 2.92. The zero-order chi connectivity index (χ0) is 13.1. The third-order valence-corrected chi connectivity index (χ3v) is 1.41. The number of carboxylic acid groups (broad SMARTS) is 2. The Morgan fingerprint density at radius 1 is 0.765 bits per heavy atom. The summed E-state index contributed by atoms with van der Waals surface area (Å²) in [5.41, 5.74) is 0. The first-order chi connectivity index (χ1) is 7.36. The Morgan fingerprint density at radius 2 is 1.00 bits per heavy atom. The van der Waals surface area contributed by atoms with E-state index < -0.39 is 23.5 Å². The minimum Gasteiger partial charge on any atom is -0.542 e. The SMILES string of the molecule is CCCC(=O)C(=O)[O-].CCCC(=O)C(=O)[O-].[Fe+2]. The van der Waals surface area contributed by atoms with Crippen molar-refractivity contribution in [3.63, 3.8) is 0 Å². The zero-order valence-corrected chi connectivity index (χ0v) is 10.7. The largest absolute Gasteiger partial charge is 2.00 e. The molecule has 0 aromatic heterocycles. The molecule has 0 radical (unpaired) electrons.